The maximum absolute atomic E-state index is 11.0. The second kappa shape index (κ2) is 4.22. The molecule has 1 aliphatic heterocycles. The predicted octanol–water partition coefficient (Wildman–Crippen LogP) is 1.22. The van der Waals surface area contributed by atoms with Gasteiger partial charge in [-0.05, 0) is 24.3 Å². The molecule has 0 aliphatic carbocycles. The summed E-state index contributed by atoms with van der Waals surface area (Å²) < 4.78 is 9.83. The van der Waals surface area contributed by atoms with Crippen molar-refractivity contribution < 1.29 is 19.1 Å². The molecule has 16 heavy (non-hydrogen) atoms. The average Bonchev–Trinajstić information content (AvgIpc) is 2.28. The van der Waals surface area contributed by atoms with Gasteiger partial charge >= 0.3 is 11.9 Å². The highest BCUT2D eigenvalue weighted by molar-refractivity contribution is 5.92. The Bertz CT molecular complexity index is 396. The summed E-state index contributed by atoms with van der Waals surface area (Å²) in [5.74, 6) is -1.11. The van der Waals surface area contributed by atoms with E-state index >= 15 is 0 Å². The standard InChI is InChI=1S/C11H11NO4/c1-12-8-4-2-7(3-5-8)11-15-9(13)6-10(14)16-11/h2-5,11-12H,6H2,1H3. The Labute approximate surface area is 92.4 Å². The van der Waals surface area contributed by atoms with Crippen molar-refractivity contribution in [2.75, 3.05) is 12.4 Å². The SMILES string of the molecule is CNc1ccc(C2OC(=O)CC(=O)O2)cc1. The highest BCUT2D eigenvalue weighted by Crippen LogP contribution is 2.25. The summed E-state index contributed by atoms with van der Waals surface area (Å²) >= 11 is 0. The molecule has 1 aromatic carbocycles. The summed E-state index contributed by atoms with van der Waals surface area (Å²) in [4.78, 5) is 22.1. The molecule has 0 amide bonds. The predicted molar refractivity (Wildman–Crippen MR) is 55.5 cm³/mol. The van der Waals surface area contributed by atoms with E-state index in [1.807, 2.05) is 12.1 Å². The molecule has 2 rings (SSSR count). The normalized spacial score (nSPS) is 16.6. The number of carbonyl (C=O) groups excluding carboxylic acids is 2. The first kappa shape index (κ1) is 10.5. The number of rotatable bonds is 2. The van der Waals surface area contributed by atoms with Gasteiger partial charge in [0, 0.05) is 18.3 Å². The van der Waals surface area contributed by atoms with E-state index in [2.05, 4.69) is 5.32 Å². The van der Waals surface area contributed by atoms with E-state index in [0.717, 1.165) is 5.69 Å². The third-order valence-corrected chi connectivity index (χ3v) is 2.24. The topological polar surface area (TPSA) is 64.6 Å². The zero-order valence-corrected chi connectivity index (χ0v) is 8.73. The third kappa shape index (κ3) is 2.13. The maximum atomic E-state index is 11.0. The van der Waals surface area contributed by atoms with Crippen LogP contribution in [0.25, 0.3) is 0 Å². The molecule has 0 unspecified atom stereocenters. The van der Waals surface area contributed by atoms with Gasteiger partial charge in [-0.25, -0.2) is 0 Å². The first-order chi connectivity index (χ1) is 7.69. The number of cyclic esters (lactones) is 2. The van der Waals surface area contributed by atoms with Gasteiger partial charge in [-0.15, -0.1) is 0 Å². The maximum Gasteiger partial charge on any atom is 0.320 e. The Morgan fingerprint density at radius 2 is 1.69 bits per heavy atom. The lowest BCUT2D eigenvalue weighted by Crippen LogP contribution is -2.26. The van der Waals surface area contributed by atoms with E-state index in [-0.39, 0.29) is 6.42 Å². The summed E-state index contributed by atoms with van der Waals surface area (Å²) in [5, 5.41) is 2.96. The molecule has 1 fully saturated rings. The highest BCUT2D eigenvalue weighted by atomic mass is 16.7. The van der Waals surface area contributed by atoms with Crippen molar-refractivity contribution in [3.05, 3.63) is 29.8 Å². The minimum absolute atomic E-state index is 0.314. The zero-order chi connectivity index (χ0) is 11.5. The van der Waals surface area contributed by atoms with Gasteiger partial charge in [0.1, 0.15) is 6.42 Å². The molecule has 1 N–H and O–H groups in total. The largest absolute Gasteiger partial charge is 0.420 e. The Hall–Kier alpha value is -2.04. The van der Waals surface area contributed by atoms with Crippen molar-refractivity contribution >= 4 is 17.6 Å². The van der Waals surface area contributed by atoms with E-state index in [1.165, 1.54) is 0 Å². The summed E-state index contributed by atoms with van der Waals surface area (Å²) in [6.07, 6.45) is -1.23. The summed E-state index contributed by atoms with van der Waals surface area (Å²) in [6.45, 7) is 0. The van der Waals surface area contributed by atoms with Gasteiger partial charge in [0.2, 0.25) is 0 Å². The first-order valence-corrected chi connectivity index (χ1v) is 4.86. The summed E-state index contributed by atoms with van der Waals surface area (Å²) in [7, 11) is 1.80. The molecule has 0 bridgehead atoms. The van der Waals surface area contributed by atoms with Crippen LogP contribution < -0.4 is 5.32 Å². The number of nitrogens with one attached hydrogen (secondary N) is 1. The fourth-order valence-corrected chi connectivity index (χ4v) is 1.41. The second-order valence-corrected chi connectivity index (χ2v) is 3.36. The molecule has 84 valence electrons. The van der Waals surface area contributed by atoms with Crippen LogP contribution in [0.15, 0.2) is 24.3 Å². The van der Waals surface area contributed by atoms with Gasteiger partial charge in [0.05, 0.1) is 0 Å². The molecule has 5 nitrogen and oxygen atoms in total. The number of hydrogen-bond acceptors (Lipinski definition) is 5. The van der Waals surface area contributed by atoms with E-state index in [9.17, 15) is 9.59 Å². The molecule has 5 heteroatoms. The van der Waals surface area contributed by atoms with Crippen LogP contribution in [-0.2, 0) is 19.1 Å². The molecular weight excluding hydrogens is 210 g/mol. The first-order valence-electron chi connectivity index (χ1n) is 4.86. The van der Waals surface area contributed by atoms with Crippen LogP contribution in [0, 0.1) is 0 Å². The van der Waals surface area contributed by atoms with Crippen LogP contribution in [0.3, 0.4) is 0 Å². The fraction of sp³-hybridized carbons (Fsp3) is 0.273. The lowest BCUT2D eigenvalue weighted by molar-refractivity contribution is -0.204. The van der Waals surface area contributed by atoms with Crippen LogP contribution in [0.1, 0.15) is 18.3 Å². The number of benzene rings is 1. The van der Waals surface area contributed by atoms with Gasteiger partial charge in [-0.3, -0.25) is 9.59 Å². The average molecular weight is 221 g/mol. The molecule has 1 heterocycles. The van der Waals surface area contributed by atoms with E-state index < -0.39 is 18.2 Å². The Kier molecular flexibility index (Phi) is 2.76. The van der Waals surface area contributed by atoms with Crippen molar-refractivity contribution in [3.63, 3.8) is 0 Å². The second-order valence-electron chi connectivity index (χ2n) is 3.36. The van der Waals surface area contributed by atoms with Crippen LogP contribution in [0.4, 0.5) is 5.69 Å². The lowest BCUT2D eigenvalue weighted by Gasteiger charge is -2.22. The van der Waals surface area contributed by atoms with Crippen LogP contribution in [0.5, 0.6) is 0 Å². The van der Waals surface area contributed by atoms with Crippen molar-refractivity contribution in [1.82, 2.24) is 0 Å². The quantitative estimate of drug-likeness (QED) is 0.600. The molecule has 1 aromatic rings. The fourth-order valence-electron chi connectivity index (χ4n) is 1.41. The van der Waals surface area contributed by atoms with E-state index in [1.54, 1.807) is 19.2 Å². The summed E-state index contributed by atoms with van der Waals surface area (Å²) in [5.41, 5.74) is 1.57. The Morgan fingerprint density at radius 3 is 2.19 bits per heavy atom. The van der Waals surface area contributed by atoms with Crippen molar-refractivity contribution in [1.29, 1.82) is 0 Å². The molecular formula is C11H11NO4. The molecule has 0 saturated carbocycles. The molecule has 0 radical (unpaired) electrons. The van der Waals surface area contributed by atoms with Crippen LogP contribution >= 0.6 is 0 Å². The smallest absolute Gasteiger partial charge is 0.320 e. The van der Waals surface area contributed by atoms with Crippen LogP contribution in [0.2, 0.25) is 0 Å². The molecule has 0 atom stereocenters. The van der Waals surface area contributed by atoms with Crippen molar-refractivity contribution in [3.8, 4) is 0 Å². The van der Waals surface area contributed by atoms with Gasteiger partial charge in [-0.2, -0.15) is 0 Å². The summed E-state index contributed by atoms with van der Waals surface area (Å²) in [6, 6.07) is 7.10. The molecule has 0 aromatic heterocycles. The van der Waals surface area contributed by atoms with Crippen molar-refractivity contribution in [2.45, 2.75) is 12.7 Å². The van der Waals surface area contributed by atoms with Gasteiger partial charge in [0.25, 0.3) is 6.29 Å². The van der Waals surface area contributed by atoms with Crippen molar-refractivity contribution in [2.24, 2.45) is 0 Å². The number of anilines is 1. The highest BCUT2D eigenvalue weighted by Gasteiger charge is 2.28. The lowest BCUT2D eigenvalue weighted by atomic mass is 10.2. The number of carbonyl (C=O) groups is 2. The Morgan fingerprint density at radius 1 is 1.12 bits per heavy atom. The minimum atomic E-state index is -0.917. The zero-order valence-electron chi connectivity index (χ0n) is 8.73. The van der Waals surface area contributed by atoms with Gasteiger partial charge in [-0.1, -0.05) is 0 Å². The third-order valence-electron chi connectivity index (χ3n) is 2.24. The molecule has 0 spiro atoms. The van der Waals surface area contributed by atoms with E-state index in [4.69, 9.17) is 9.47 Å². The number of hydrogen-bond donors (Lipinski definition) is 1. The number of ether oxygens (including phenoxy) is 2. The molecule has 1 saturated heterocycles. The van der Waals surface area contributed by atoms with E-state index in [0.29, 0.717) is 5.56 Å². The van der Waals surface area contributed by atoms with Gasteiger partial charge in [0.15, 0.2) is 0 Å². The van der Waals surface area contributed by atoms with Crippen LogP contribution in [-0.4, -0.2) is 19.0 Å². The van der Waals surface area contributed by atoms with Gasteiger partial charge < -0.3 is 14.8 Å². The Balaban J connectivity index is 2.16. The minimum Gasteiger partial charge on any atom is -0.420 e. The molecule has 1 aliphatic rings. The number of esters is 2. The monoisotopic (exact) mass is 221 g/mol.